The van der Waals surface area contributed by atoms with Crippen molar-refractivity contribution in [3.05, 3.63) is 233 Å². The molecule has 1 aliphatic rings. The Kier molecular flexibility index (Phi) is 8.37. The maximum Gasteiger partial charge on any atom is 0.0623 e. The first kappa shape index (κ1) is 32.3. The molecule has 0 saturated carbocycles. The van der Waals surface area contributed by atoms with Crippen LogP contribution in [-0.4, -0.2) is 21.1 Å². The smallest absolute Gasteiger partial charge is 0.0623 e. The van der Waals surface area contributed by atoms with E-state index in [9.17, 15) is 2.74 Å². The van der Waals surface area contributed by atoms with Gasteiger partial charge in [0.05, 0.1) is 6.85 Å². The van der Waals surface area contributed by atoms with Gasteiger partial charge in [0.25, 0.3) is 0 Å². The van der Waals surface area contributed by atoms with Crippen LogP contribution in [0.5, 0.6) is 11.6 Å². The fourth-order valence-corrected chi connectivity index (χ4v) is 10.2. The zero-order valence-electron chi connectivity index (χ0n) is 48.4. The third kappa shape index (κ3) is 7.81. The number of rotatable bonds is 9. The summed E-state index contributed by atoms with van der Waals surface area (Å²) in [5, 5.41) is 0. The summed E-state index contributed by atoms with van der Waals surface area (Å²) >= 11 is 2.28. The Bertz CT molecular complexity index is 4060. The molecule has 0 radical (unpaired) electrons. The molecule has 334 valence electrons. The van der Waals surface area contributed by atoms with Crippen LogP contribution >= 0.6 is 0 Å². The minimum Gasteiger partial charge on any atom is -0.0637 e. The van der Waals surface area contributed by atoms with Crippen molar-refractivity contribution in [3.8, 4) is 45.3 Å². The summed E-state index contributed by atoms with van der Waals surface area (Å²) in [6.07, 6.45) is 0. The predicted molar refractivity (Wildman–Crippen MR) is 278 cm³/mol. The van der Waals surface area contributed by atoms with Gasteiger partial charge < -0.3 is 0 Å². The maximum absolute atomic E-state index is 9.20. The SMILES string of the molecule is [2H]c1c([2H])c([2H])c(B2N(c3ccccc3)c3ccccc3N2c2cccc(Oc3cc(-n4[c](=[Pt])n(-c5c(-c6ccccc6)cc(C([2H])([2H])[2H])cc5-c5cccc(C(C)(C)C)c5)c5ccccc54)ccc3C([2H])([2H])[2H])n2)c([2H])c1[2H]. The van der Waals surface area contributed by atoms with Crippen LogP contribution in [0.15, 0.2) is 212 Å². The minimum absolute atomic E-state index is 0.00383. The van der Waals surface area contributed by atoms with Crippen LogP contribution in [0.3, 0.4) is 0 Å². The molecule has 68 heavy (non-hydrogen) atoms. The number of benzene rings is 8. The van der Waals surface area contributed by atoms with Gasteiger partial charge >= 0.3 is 336 Å². The first-order valence-electron chi connectivity index (χ1n) is 27.7. The van der Waals surface area contributed by atoms with Crippen LogP contribution in [0.25, 0.3) is 44.7 Å². The molecule has 0 saturated heterocycles. The molecule has 0 bridgehead atoms. The molecule has 0 fully saturated rings. The van der Waals surface area contributed by atoms with E-state index < -0.39 is 38.8 Å². The summed E-state index contributed by atoms with van der Waals surface area (Å²) in [7, 11) is 0. The van der Waals surface area contributed by atoms with Crippen molar-refractivity contribution in [2.45, 2.75) is 39.9 Å². The fourth-order valence-electron chi connectivity index (χ4n) is 9.11. The Labute approximate surface area is 425 Å². The topological polar surface area (TPSA) is 38.5 Å². The van der Waals surface area contributed by atoms with Crippen molar-refractivity contribution in [1.29, 1.82) is 0 Å². The predicted octanol–water partition coefficient (Wildman–Crippen LogP) is 14.6. The quantitative estimate of drug-likeness (QED) is 0.135. The van der Waals surface area contributed by atoms with Gasteiger partial charge in [-0.25, -0.2) is 0 Å². The average molecular weight is 1070 g/mol. The summed E-state index contributed by atoms with van der Waals surface area (Å²) in [5.74, 6) is 0.326. The molecule has 8 heteroatoms. The molecule has 11 rings (SSSR count). The first-order valence-corrected chi connectivity index (χ1v) is 23.4. The minimum atomic E-state index is -2.64. The van der Waals surface area contributed by atoms with E-state index in [1.165, 1.54) is 6.07 Å². The number of ether oxygens (including phenoxy) is 1. The zero-order chi connectivity index (χ0) is 55.9. The van der Waals surface area contributed by atoms with E-state index in [1.54, 1.807) is 47.3 Å². The number of nitrogens with zero attached hydrogens (tertiary/aromatic N) is 5. The van der Waals surface area contributed by atoms with Gasteiger partial charge in [-0.15, -0.1) is 0 Å². The number of fused-ring (bicyclic) bond motifs is 2. The molecule has 0 unspecified atom stereocenters. The van der Waals surface area contributed by atoms with Crippen molar-refractivity contribution < 1.29 is 39.2 Å². The molecule has 8 aromatic carbocycles. The average Bonchev–Trinajstić information content (AvgIpc) is 4.17. The van der Waals surface area contributed by atoms with Crippen LogP contribution in [0.1, 0.15) is 52.5 Å². The normalized spacial score (nSPS) is 15.2. The summed E-state index contributed by atoms with van der Waals surface area (Å²) < 4.78 is 108. The van der Waals surface area contributed by atoms with E-state index in [0.717, 1.165) is 33.4 Å². The second kappa shape index (κ2) is 17.6. The van der Waals surface area contributed by atoms with Crippen molar-refractivity contribution in [3.63, 3.8) is 0 Å². The Hall–Kier alpha value is -7.47. The Morgan fingerprint density at radius 1 is 0.588 bits per heavy atom. The molecular weight excluding hydrogens is 1010 g/mol. The molecule has 3 heterocycles. The number of aryl methyl sites for hydroxylation is 2. The molecule has 0 atom stereocenters. The third-order valence-electron chi connectivity index (χ3n) is 12.3. The van der Waals surface area contributed by atoms with Gasteiger partial charge in [0.2, 0.25) is 0 Å². The number of hydrogen-bond acceptors (Lipinski definition) is 4. The van der Waals surface area contributed by atoms with Gasteiger partial charge in [-0.3, -0.25) is 0 Å². The van der Waals surface area contributed by atoms with Crippen LogP contribution in [0, 0.1) is 17.5 Å². The van der Waals surface area contributed by atoms with Crippen molar-refractivity contribution in [1.82, 2.24) is 14.1 Å². The number of pyridine rings is 1. The van der Waals surface area contributed by atoms with E-state index >= 15 is 0 Å². The second-order valence-corrected chi connectivity index (χ2v) is 18.6. The van der Waals surface area contributed by atoms with E-state index in [1.807, 2.05) is 131 Å². The van der Waals surface area contributed by atoms with E-state index in [0.29, 0.717) is 43.5 Å². The molecule has 1 aliphatic heterocycles. The van der Waals surface area contributed by atoms with E-state index in [2.05, 4.69) is 56.8 Å². The van der Waals surface area contributed by atoms with Crippen LogP contribution < -0.4 is 19.8 Å². The molecular formula is C60H50BN5OPt. The van der Waals surface area contributed by atoms with Gasteiger partial charge in [0, 0.05) is 5.69 Å². The first-order chi connectivity index (χ1) is 37.6. The van der Waals surface area contributed by atoms with Gasteiger partial charge in [-0.2, -0.15) is 0 Å². The van der Waals surface area contributed by atoms with Crippen LogP contribution in [0.2, 0.25) is 0 Å². The van der Waals surface area contributed by atoms with Gasteiger partial charge in [-0.1, -0.05) is 60.5 Å². The Morgan fingerprint density at radius 2 is 1.24 bits per heavy atom. The van der Waals surface area contributed by atoms with Crippen LogP contribution in [-0.2, 0) is 24.8 Å². The molecule has 2 aromatic heterocycles. The number of aromatic nitrogens is 3. The maximum atomic E-state index is 9.20. The monoisotopic (exact) mass is 1070 g/mol. The molecule has 0 aliphatic carbocycles. The molecule has 0 N–H and O–H groups in total. The largest absolute Gasteiger partial charge is 0.0637 e. The van der Waals surface area contributed by atoms with Crippen molar-refractivity contribution in [2.75, 3.05) is 9.62 Å². The fraction of sp³-hybridized carbons (Fsp3) is 0.100. The Balaban J connectivity index is 1.09. The number of imidazole rings is 1. The van der Waals surface area contributed by atoms with Gasteiger partial charge in [0.1, 0.15) is 0 Å². The summed E-state index contributed by atoms with van der Waals surface area (Å²) in [5.41, 5.74) is 8.95. The zero-order valence-corrected chi connectivity index (χ0v) is 39.6. The number of hydrogen-bond donors (Lipinski definition) is 0. The summed E-state index contributed by atoms with van der Waals surface area (Å²) in [6.45, 7) is 0.315. The Morgan fingerprint density at radius 3 is 1.96 bits per heavy atom. The van der Waals surface area contributed by atoms with Gasteiger partial charge in [0.15, 0.2) is 0 Å². The van der Waals surface area contributed by atoms with E-state index in [4.69, 9.17) is 22.1 Å². The summed E-state index contributed by atoms with van der Waals surface area (Å²) in [6, 6.07) is 54.0. The third-order valence-corrected chi connectivity index (χ3v) is 13.3. The molecule has 6 nitrogen and oxygen atoms in total. The number of para-hydroxylation sites is 5. The standard InChI is InChI=1S/C60H50BN5O.Pt/c1-42-37-50(44-21-9-6-10-22-44)59(51(38-42)45-23-19-24-46(39-45)60(3,4)5)64-41-63(52-29-15-16-30-53(52)64)49-36-35-43(2)56(40-49)67-58-34-20-33-57(62-58)66-55-32-18-17-31-54(55)65(48-27-13-8-14-28-48)61(66)47-25-11-7-12-26-47;/h6-40H,1-5H3;/i1D3,2D3,7D,11D,12D,25D,26D;. The van der Waals surface area contributed by atoms with Gasteiger partial charge in [-0.05, 0) is 18.2 Å². The molecule has 0 spiro atoms. The number of anilines is 4. The van der Waals surface area contributed by atoms with Crippen molar-refractivity contribution in [2.24, 2.45) is 0 Å². The second-order valence-electron chi connectivity index (χ2n) is 17.6. The summed E-state index contributed by atoms with van der Waals surface area (Å²) in [4.78, 5) is 8.74. The van der Waals surface area contributed by atoms with Crippen molar-refractivity contribution >= 4 is 46.4 Å². The molecule has 10 aromatic rings. The van der Waals surface area contributed by atoms with Crippen LogP contribution in [0.4, 0.5) is 22.9 Å². The van der Waals surface area contributed by atoms with E-state index in [-0.39, 0.29) is 45.7 Å². The molecule has 0 amide bonds.